The van der Waals surface area contributed by atoms with Crippen LogP contribution < -0.4 is 15.0 Å². The van der Waals surface area contributed by atoms with E-state index in [-0.39, 0.29) is 22.4 Å². The SMILES string of the molecule is CC(C)(C)OC(=O)N1CCN(c2ccc3ncnc(Nc4ccc(OC(F)F)c(Cl)c4)c3n2)CC12CC2. The van der Waals surface area contributed by atoms with E-state index in [4.69, 9.17) is 21.3 Å². The molecule has 196 valence electrons. The number of benzene rings is 1. The van der Waals surface area contributed by atoms with Gasteiger partial charge in [-0.15, -0.1) is 0 Å². The zero-order valence-corrected chi connectivity index (χ0v) is 21.4. The quantitative estimate of drug-likeness (QED) is 0.453. The lowest BCUT2D eigenvalue weighted by Gasteiger charge is -2.42. The van der Waals surface area contributed by atoms with Gasteiger partial charge in [-0.3, -0.25) is 4.90 Å². The van der Waals surface area contributed by atoms with Gasteiger partial charge in [0, 0.05) is 25.3 Å². The van der Waals surface area contributed by atoms with Crippen LogP contribution in [0.5, 0.6) is 5.75 Å². The van der Waals surface area contributed by atoms with Gasteiger partial charge in [0.25, 0.3) is 0 Å². The van der Waals surface area contributed by atoms with Crippen molar-refractivity contribution in [3.05, 3.63) is 41.7 Å². The number of carbonyl (C=O) groups excluding carboxylic acids is 1. The molecule has 1 spiro atoms. The average Bonchev–Trinajstić information content (AvgIpc) is 3.58. The Labute approximate surface area is 217 Å². The lowest BCUT2D eigenvalue weighted by Crippen LogP contribution is -2.58. The summed E-state index contributed by atoms with van der Waals surface area (Å²) in [6, 6.07) is 8.18. The standard InChI is InChI=1S/C25H27ClF2N6O3/c1-24(2,3)37-23(35)34-11-10-33(13-25(34)8-9-25)19-7-5-17-20(32-19)21(30-14-29-17)31-15-4-6-18(16(26)12-15)36-22(27)28/h4-7,12,14,22H,8-11,13H2,1-3H3,(H,29,30,31). The second-order valence-corrected chi connectivity index (χ2v) is 10.6. The molecule has 3 aromatic rings. The molecule has 37 heavy (non-hydrogen) atoms. The van der Waals surface area contributed by atoms with E-state index in [1.54, 1.807) is 6.07 Å². The summed E-state index contributed by atoms with van der Waals surface area (Å²) in [5.74, 6) is 1.08. The lowest BCUT2D eigenvalue weighted by atomic mass is 10.1. The van der Waals surface area contributed by atoms with Crippen molar-refractivity contribution in [2.24, 2.45) is 0 Å². The van der Waals surface area contributed by atoms with E-state index in [1.807, 2.05) is 37.8 Å². The van der Waals surface area contributed by atoms with Crippen molar-refractivity contribution in [3.63, 3.8) is 0 Å². The molecule has 12 heteroatoms. The Bertz CT molecular complexity index is 1330. The smallest absolute Gasteiger partial charge is 0.410 e. The number of nitrogens with one attached hydrogen (secondary N) is 1. The molecule has 1 N–H and O–H groups in total. The maximum Gasteiger partial charge on any atom is 0.410 e. The zero-order chi connectivity index (χ0) is 26.4. The minimum absolute atomic E-state index is 0.0369. The summed E-state index contributed by atoms with van der Waals surface area (Å²) in [5, 5.41) is 3.18. The van der Waals surface area contributed by atoms with E-state index in [0.29, 0.717) is 42.2 Å². The largest absolute Gasteiger partial charge is 0.444 e. The predicted octanol–water partition coefficient (Wildman–Crippen LogP) is 5.61. The van der Waals surface area contributed by atoms with Gasteiger partial charge in [-0.25, -0.2) is 19.7 Å². The van der Waals surface area contributed by atoms with Gasteiger partial charge in [-0.1, -0.05) is 11.6 Å². The Balaban J connectivity index is 1.37. The number of halogens is 3. The highest BCUT2D eigenvalue weighted by Gasteiger charge is 2.54. The van der Waals surface area contributed by atoms with E-state index < -0.39 is 12.2 Å². The van der Waals surface area contributed by atoms with Crippen LogP contribution in [0.1, 0.15) is 33.6 Å². The number of pyridine rings is 1. The third-order valence-corrected chi connectivity index (χ3v) is 6.59. The molecule has 1 aromatic carbocycles. The highest BCUT2D eigenvalue weighted by molar-refractivity contribution is 6.32. The number of ether oxygens (including phenoxy) is 2. The zero-order valence-electron chi connectivity index (χ0n) is 20.7. The van der Waals surface area contributed by atoms with Crippen LogP contribution in [-0.2, 0) is 4.74 Å². The Morgan fingerprint density at radius 1 is 1.16 bits per heavy atom. The van der Waals surface area contributed by atoms with Crippen molar-refractivity contribution in [2.45, 2.75) is 51.4 Å². The van der Waals surface area contributed by atoms with Gasteiger partial charge in [-0.05, 0) is 63.9 Å². The summed E-state index contributed by atoms with van der Waals surface area (Å²) in [7, 11) is 0. The van der Waals surface area contributed by atoms with Gasteiger partial charge in [0.2, 0.25) is 0 Å². The van der Waals surface area contributed by atoms with E-state index in [1.165, 1.54) is 18.5 Å². The molecule has 9 nitrogen and oxygen atoms in total. The first-order valence-corrected chi connectivity index (χ1v) is 12.3. The van der Waals surface area contributed by atoms with E-state index >= 15 is 0 Å². The maximum absolute atomic E-state index is 12.8. The molecule has 0 atom stereocenters. The van der Waals surface area contributed by atoms with Crippen molar-refractivity contribution in [3.8, 4) is 5.75 Å². The van der Waals surface area contributed by atoms with Crippen molar-refractivity contribution >= 4 is 46.1 Å². The van der Waals surface area contributed by atoms with Crippen LogP contribution in [0.2, 0.25) is 5.02 Å². The number of piperazine rings is 1. The summed E-state index contributed by atoms with van der Waals surface area (Å²) >= 11 is 6.10. The van der Waals surface area contributed by atoms with Gasteiger partial charge >= 0.3 is 12.7 Å². The van der Waals surface area contributed by atoms with E-state index in [2.05, 4.69) is 24.9 Å². The van der Waals surface area contributed by atoms with Crippen LogP contribution >= 0.6 is 11.6 Å². The van der Waals surface area contributed by atoms with Gasteiger partial charge in [-0.2, -0.15) is 8.78 Å². The Kier molecular flexibility index (Phi) is 6.43. The molecule has 3 heterocycles. The predicted molar refractivity (Wildman–Crippen MR) is 136 cm³/mol. The number of carbonyl (C=O) groups is 1. The maximum atomic E-state index is 12.8. The molecule has 1 amide bonds. The van der Waals surface area contributed by atoms with Crippen molar-refractivity contribution in [1.29, 1.82) is 0 Å². The highest BCUT2D eigenvalue weighted by atomic mass is 35.5. The third kappa shape index (κ3) is 5.46. The summed E-state index contributed by atoms with van der Waals surface area (Å²) in [6.07, 6.45) is 2.97. The number of hydrogen-bond acceptors (Lipinski definition) is 8. The van der Waals surface area contributed by atoms with Gasteiger partial charge in [0.1, 0.15) is 29.0 Å². The first-order valence-electron chi connectivity index (χ1n) is 11.9. The fourth-order valence-electron chi connectivity index (χ4n) is 4.45. The number of aromatic nitrogens is 3. The summed E-state index contributed by atoms with van der Waals surface area (Å²) in [4.78, 5) is 30.3. The van der Waals surface area contributed by atoms with Gasteiger partial charge in [0.05, 0.1) is 16.1 Å². The molecule has 0 unspecified atom stereocenters. The molecule has 1 aliphatic heterocycles. The van der Waals surface area contributed by atoms with Crippen molar-refractivity contribution in [1.82, 2.24) is 19.9 Å². The molecule has 0 radical (unpaired) electrons. The van der Waals surface area contributed by atoms with Crippen LogP contribution in [0.4, 0.5) is 30.9 Å². The Morgan fingerprint density at radius 3 is 2.62 bits per heavy atom. The molecule has 1 saturated heterocycles. The summed E-state index contributed by atoms with van der Waals surface area (Å²) < 4.78 is 35.1. The van der Waals surface area contributed by atoms with Crippen LogP contribution in [0.3, 0.4) is 0 Å². The normalized spacial score (nSPS) is 16.8. The number of amides is 1. The molecule has 1 aliphatic carbocycles. The van der Waals surface area contributed by atoms with Crippen LogP contribution in [0.25, 0.3) is 11.0 Å². The third-order valence-electron chi connectivity index (χ3n) is 6.29. The number of alkyl halides is 2. The van der Waals surface area contributed by atoms with Crippen LogP contribution in [-0.4, -0.2) is 63.3 Å². The first-order chi connectivity index (χ1) is 17.5. The number of nitrogens with zero attached hydrogens (tertiary/aromatic N) is 5. The second-order valence-electron chi connectivity index (χ2n) is 10.2. The Hall–Kier alpha value is -3.47. The van der Waals surface area contributed by atoms with Crippen LogP contribution in [0.15, 0.2) is 36.7 Å². The van der Waals surface area contributed by atoms with Crippen molar-refractivity contribution < 1.29 is 23.0 Å². The summed E-state index contributed by atoms with van der Waals surface area (Å²) in [5.41, 5.74) is 0.918. The molecular formula is C25H27ClF2N6O3. The fourth-order valence-corrected chi connectivity index (χ4v) is 4.68. The van der Waals surface area contributed by atoms with Crippen LogP contribution in [0, 0.1) is 0 Å². The number of fused-ring (bicyclic) bond motifs is 1. The molecular weight excluding hydrogens is 506 g/mol. The van der Waals surface area contributed by atoms with Gasteiger partial charge < -0.3 is 19.7 Å². The minimum Gasteiger partial charge on any atom is -0.444 e. The summed E-state index contributed by atoms with van der Waals surface area (Å²) in [6.45, 7) is 4.44. The topological polar surface area (TPSA) is 92.7 Å². The molecule has 2 aliphatic rings. The average molecular weight is 533 g/mol. The second kappa shape index (κ2) is 9.44. The number of anilines is 3. The fraction of sp³-hybridized carbons (Fsp3) is 0.440. The molecule has 2 fully saturated rings. The lowest BCUT2D eigenvalue weighted by molar-refractivity contribution is -0.0497. The number of rotatable bonds is 5. The van der Waals surface area contributed by atoms with E-state index in [0.717, 1.165) is 18.7 Å². The van der Waals surface area contributed by atoms with Gasteiger partial charge in [0.15, 0.2) is 5.82 Å². The Morgan fingerprint density at radius 2 is 1.95 bits per heavy atom. The molecule has 0 bridgehead atoms. The van der Waals surface area contributed by atoms with E-state index in [9.17, 15) is 13.6 Å². The highest BCUT2D eigenvalue weighted by Crippen LogP contribution is 2.45. The minimum atomic E-state index is -2.97. The first kappa shape index (κ1) is 25.2. The molecule has 2 aromatic heterocycles. The number of hydrogen-bond donors (Lipinski definition) is 1. The van der Waals surface area contributed by atoms with Crippen molar-refractivity contribution in [2.75, 3.05) is 29.9 Å². The molecule has 5 rings (SSSR count). The monoisotopic (exact) mass is 532 g/mol. The molecule has 1 saturated carbocycles.